The molecule has 1 aromatic carbocycles. The Morgan fingerprint density at radius 3 is 2.75 bits per heavy atom. The molecule has 1 aliphatic rings. The first kappa shape index (κ1) is 14.5. The highest BCUT2D eigenvalue weighted by molar-refractivity contribution is 5.87. The molecule has 0 aromatic heterocycles. The van der Waals surface area contributed by atoms with Crippen LogP contribution in [0.2, 0.25) is 0 Å². The standard InChI is InChI=1S/C15H18FNO3/c1-9(2)11-6-14(18)17(7-11)8-12-5-10(15(19)20)3-4-13(12)16/h3-5,9,11H,6-8H2,1-2H3,(H,19,20). The van der Waals surface area contributed by atoms with E-state index in [1.165, 1.54) is 12.1 Å². The molecule has 4 nitrogen and oxygen atoms in total. The molecule has 1 unspecified atom stereocenters. The van der Waals surface area contributed by atoms with Crippen molar-refractivity contribution < 1.29 is 19.1 Å². The summed E-state index contributed by atoms with van der Waals surface area (Å²) in [6.45, 7) is 4.86. The number of likely N-dealkylation sites (tertiary alicyclic amines) is 1. The van der Waals surface area contributed by atoms with Crippen molar-refractivity contribution in [1.82, 2.24) is 4.90 Å². The monoisotopic (exact) mass is 279 g/mol. The number of rotatable bonds is 4. The fraction of sp³-hybridized carbons (Fsp3) is 0.467. The number of nitrogens with zero attached hydrogens (tertiary/aromatic N) is 1. The fourth-order valence-electron chi connectivity index (χ4n) is 2.44. The maximum atomic E-state index is 13.7. The second-order valence-electron chi connectivity index (χ2n) is 5.59. The normalized spacial score (nSPS) is 18.9. The van der Waals surface area contributed by atoms with E-state index in [1.807, 2.05) is 0 Å². The summed E-state index contributed by atoms with van der Waals surface area (Å²) in [5, 5.41) is 8.92. The number of benzene rings is 1. The van der Waals surface area contributed by atoms with Crippen molar-refractivity contribution in [3.05, 3.63) is 35.1 Å². The van der Waals surface area contributed by atoms with Crippen LogP contribution in [0.3, 0.4) is 0 Å². The summed E-state index contributed by atoms with van der Waals surface area (Å²) >= 11 is 0. The molecule has 0 aliphatic carbocycles. The first-order valence-corrected chi connectivity index (χ1v) is 6.68. The zero-order chi connectivity index (χ0) is 14.9. The lowest BCUT2D eigenvalue weighted by Crippen LogP contribution is -2.25. The van der Waals surface area contributed by atoms with Crippen LogP contribution < -0.4 is 0 Å². The number of hydrogen-bond acceptors (Lipinski definition) is 2. The van der Waals surface area contributed by atoms with Gasteiger partial charge in [0, 0.05) is 25.1 Å². The highest BCUT2D eigenvalue weighted by atomic mass is 19.1. The molecule has 1 saturated heterocycles. The summed E-state index contributed by atoms with van der Waals surface area (Å²) in [6.07, 6.45) is 0.484. The average molecular weight is 279 g/mol. The summed E-state index contributed by atoms with van der Waals surface area (Å²) in [7, 11) is 0. The first-order valence-electron chi connectivity index (χ1n) is 6.68. The number of halogens is 1. The zero-order valence-electron chi connectivity index (χ0n) is 11.6. The predicted molar refractivity (Wildman–Crippen MR) is 71.7 cm³/mol. The van der Waals surface area contributed by atoms with Gasteiger partial charge in [-0.05, 0) is 30.0 Å². The Kier molecular flexibility index (Phi) is 4.06. The molecule has 108 valence electrons. The van der Waals surface area contributed by atoms with Gasteiger partial charge in [-0.15, -0.1) is 0 Å². The number of amides is 1. The van der Waals surface area contributed by atoms with Gasteiger partial charge in [0.05, 0.1) is 5.56 Å². The molecule has 1 heterocycles. The number of carboxylic acid groups (broad SMARTS) is 1. The van der Waals surface area contributed by atoms with Crippen LogP contribution in [0.5, 0.6) is 0 Å². The molecule has 20 heavy (non-hydrogen) atoms. The van der Waals surface area contributed by atoms with E-state index in [9.17, 15) is 14.0 Å². The predicted octanol–water partition coefficient (Wildman–Crippen LogP) is 2.53. The summed E-state index contributed by atoms with van der Waals surface area (Å²) in [5.74, 6) is -0.883. The summed E-state index contributed by atoms with van der Waals surface area (Å²) < 4.78 is 13.7. The quantitative estimate of drug-likeness (QED) is 0.921. The van der Waals surface area contributed by atoms with Crippen LogP contribution in [0, 0.1) is 17.7 Å². The van der Waals surface area contributed by atoms with E-state index in [1.54, 1.807) is 4.90 Å². The summed E-state index contributed by atoms with van der Waals surface area (Å²) in [6, 6.07) is 3.66. The van der Waals surface area contributed by atoms with Crippen LogP contribution in [0.4, 0.5) is 4.39 Å². The van der Waals surface area contributed by atoms with Gasteiger partial charge in [-0.25, -0.2) is 9.18 Å². The molecule has 0 saturated carbocycles. The molecule has 0 spiro atoms. The maximum Gasteiger partial charge on any atom is 0.335 e. The fourth-order valence-corrected chi connectivity index (χ4v) is 2.44. The Morgan fingerprint density at radius 2 is 2.20 bits per heavy atom. The van der Waals surface area contributed by atoms with E-state index in [2.05, 4.69) is 13.8 Å². The third kappa shape index (κ3) is 2.98. The van der Waals surface area contributed by atoms with Crippen molar-refractivity contribution in [1.29, 1.82) is 0 Å². The van der Waals surface area contributed by atoms with Crippen molar-refractivity contribution >= 4 is 11.9 Å². The smallest absolute Gasteiger partial charge is 0.335 e. The molecule has 2 rings (SSSR count). The topological polar surface area (TPSA) is 57.6 Å². The van der Waals surface area contributed by atoms with Gasteiger partial charge in [0.15, 0.2) is 0 Å². The van der Waals surface area contributed by atoms with E-state index in [4.69, 9.17) is 5.11 Å². The highest BCUT2D eigenvalue weighted by Crippen LogP contribution is 2.26. The van der Waals surface area contributed by atoms with Gasteiger partial charge in [-0.3, -0.25) is 4.79 Å². The average Bonchev–Trinajstić information content (AvgIpc) is 2.73. The van der Waals surface area contributed by atoms with Gasteiger partial charge in [-0.2, -0.15) is 0 Å². The Labute approximate surface area is 117 Å². The molecule has 1 amide bonds. The molecule has 1 N–H and O–H groups in total. The Balaban J connectivity index is 2.16. The third-order valence-electron chi connectivity index (χ3n) is 3.84. The van der Waals surface area contributed by atoms with Crippen molar-refractivity contribution in [3.63, 3.8) is 0 Å². The van der Waals surface area contributed by atoms with Crippen LogP contribution in [0.1, 0.15) is 36.2 Å². The van der Waals surface area contributed by atoms with E-state index in [-0.39, 0.29) is 29.5 Å². The lowest BCUT2D eigenvalue weighted by Gasteiger charge is -2.18. The van der Waals surface area contributed by atoms with Gasteiger partial charge in [0.1, 0.15) is 5.82 Å². The van der Waals surface area contributed by atoms with Crippen molar-refractivity contribution in [2.75, 3.05) is 6.54 Å². The van der Waals surface area contributed by atoms with E-state index >= 15 is 0 Å². The minimum absolute atomic E-state index is 0.00354. The Morgan fingerprint density at radius 1 is 1.50 bits per heavy atom. The molecular formula is C15H18FNO3. The van der Waals surface area contributed by atoms with Crippen LogP contribution in [0.25, 0.3) is 0 Å². The lowest BCUT2D eigenvalue weighted by atomic mass is 9.95. The SMILES string of the molecule is CC(C)C1CC(=O)N(Cc2cc(C(=O)O)ccc2F)C1. The third-order valence-corrected chi connectivity index (χ3v) is 3.84. The Bertz CT molecular complexity index is 542. The van der Waals surface area contributed by atoms with Crippen LogP contribution in [-0.2, 0) is 11.3 Å². The molecule has 5 heteroatoms. The molecule has 0 radical (unpaired) electrons. The lowest BCUT2D eigenvalue weighted by molar-refractivity contribution is -0.128. The van der Waals surface area contributed by atoms with Crippen molar-refractivity contribution in [2.24, 2.45) is 11.8 Å². The van der Waals surface area contributed by atoms with Gasteiger partial charge >= 0.3 is 5.97 Å². The minimum atomic E-state index is -1.10. The second-order valence-corrected chi connectivity index (χ2v) is 5.59. The number of carboxylic acids is 1. The number of carbonyl (C=O) groups excluding carboxylic acids is 1. The number of aromatic carboxylic acids is 1. The minimum Gasteiger partial charge on any atom is -0.478 e. The van der Waals surface area contributed by atoms with Gasteiger partial charge in [0.25, 0.3) is 0 Å². The molecule has 1 aliphatic heterocycles. The summed E-state index contributed by atoms with van der Waals surface area (Å²) in [5.41, 5.74) is 0.288. The number of carbonyl (C=O) groups is 2. The summed E-state index contributed by atoms with van der Waals surface area (Å²) in [4.78, 5) is 24.4. The van der Waals surface area contributed by atoms with Gasteiger partial charge in [-0.1, -0.05) is 13.8 Å². The Hall–Kier alpha value is -1.91. The van der Waals surface area contributed by atoms with Crippen LogP contribution >= 0.6 is 0 Å². The maximum absolute atomic E-state index is 13.7. The van der Waals surface area contributed by atoms with Gasteiger partial charge in [0.2, 0.25) is 5.91 Å². The largest absolute Gasteiger partial charge is 0.478 e. The zero-order valence-corrected chi connectivity index (χ0v) is 11.6. The van der Waals surface area contributed by atoms with E-state index < -0.39 is 11.8 Å². The van der Waals surface area contributed by atoms with E-state index in [0.29, 0.717) is 18.9 Å². The first-order chi connectivity index (χ1) is 9.38. The van der Waals surface area contributed by atoms with Crippen molar-refractivity contribution in [3.8, 4) is 0 Å². The highest BCUT2D eigenvalue weighted by Gasteiger charge is 2.31. The number of hydrogen-bond donors (Lipinski definition) is 1. The van der Waals surface area contributed by atoms with Crippen LogP contribution in [0.15, 0.2) is 18.2 Å². The van der Waals surface area contributed by atoms with Gasteiger partial charge < -0.3 is 10.0 Å². The molecule has 1 atom stereocenters. The molecular weight excluding hydrogens is 261 g/mol. The molecule has 1 fully saturated rings. The molecule has 1 aromatic rings. The van der Waals surface area contributed by atoms with Crippen molar-refractivity contribution in [2.45, 2.75) is 26.8 Å². The molecule has 0 bridgehead atoms. The van der Waals surface area contributed by atoms with Crippen LogP contribution in [-0.4, -0.2) is 28.4 Å². The van der Waals surface area contributed by atoms with E-state index in [0.717, 1.165) is 6.07 Å². The second kappa shape index (κ2) is 5.61.